The van der Waals surface area contributed by atoms with E-state index in [4.69, 9.17) is 10.5 Å². The van der Waals surface area contributed by atoms with Gasteiger partial charge in [-0.3, -0.25) is 0 Å². The molecule has 1 aromatic carbocycles. The topological polar surface area (TPSA) is 35.2 Å². The van der Waals surface area contributed by atoms with Gasteiger partial charge in [0.2, 0.25) is 0 Å². The van der Waals surface area contributed by atoms with E-state index in [0.29, 0.717) is 5.92 Å². The lowest BCUT2D eigenvalue weighted by molar-refractivity contribution is 0.132. The molecule has 1 fully saturated rings. The molecule has 0 aliphatic heterocycles. The quantitative estimate of drug-likeness (QED) is 0.877. The highest BCUT2D eigenvalue weighted by Gasteiger charge is 2.23. The van der Waals surface area contributed by atoms with Crippen LogP contribution in [0, 0.1) is 0 Å². The molecule has 0 heterocycles. The van der Waals surface area contributed by atoms with Gasteiger partial charge in [-0.1, -0.05) is 32.4 Å². The van der Waals surface area contributed by atoms with Crippen molar-refractivity contribution in [1.82, 2.24) is 0 Å². The Kier molecular flexibility index (Phi) is 4.65. The van der Waals surface area contributed by atoms with E-state index in [-0.39, 0.29) is 12.1 Å². The first-order chi connectivity index (χ1) is 8.70. The lowest BCUT2D eigenvalue weighted by Gasteiger charge is -2.29. The summed E-state index contributed by atoms with van der Waals surface area (Å²) >= 11 is 0. The van der Waals surface area contributed by atoms with Crippen LogP contribution < -0.4 is 10.5 Å². The summed E-state index contributed by atoms with van der Waals surface area (Å²) < 4.78 is 6.01. The van der Waals surface area contributed by atoms with Crippen molar-refractivity contribution in [1.29, 1.82) is 0 Å². The Bertz CT molecular complexity index is 360. The van der Waals surface area contributed by atoms with Crippen molar-refractivity contribution in [3.63, 3.8) is 0 Å². The zero-order chi connectivity index (χ0) is 13.0. The molecule has 1 aromatic rings. The fourth-order valence-corrected chi connectivity index (χ4v) is 2.56. The molecule has 0 radical (unpaired) electrons. The Morgan fingerprint density at radius 1 is 1.22 bits per heavy atom. The fraction of sp³-hybridized carbons (Fsp3) is 0.625. The average Bonchev–Trinajstić information content (AvgIpc) is 2.41. The van der Waals surface area contributed by atoms with E-state index in [1.807, 2.05) is 0 Å². The minimum atomic E-state index is 0.202. The van der Waals surface area contributed by atoms with Crippen LogP contribution in [0.1, 0.15) is 57.4 Å². The van der Waals surface area contributed by atoms with Crippen molar-refractivity contribution < 1.29 is 4.74 Å². The van der Waals surface area contributed by atoms with Crippen molar-refractivity contribution >= 4 is 0 Å². The van der Waals surface area contributed by atoms with E-state index >= 15 is 0 Å². The number of hydrogen-bond donors (Lipinski definition) is 1. The molecule has 2 N–H and O–H groups in total. The van der Waals surface area contributed by atoms with Crippen LogP contribution in [0.2, 0.25) is 0 Å². The first kappa shape index (κ1) is 13.4. The third-order valence-corrected chi connectivity index (χ3v) is 4.10. The third-order valence-electron chi connectivity index (χ3n) is 4.10. The Balaban J connectivity index is 1.97. The summed E-state index contributed by atoms with van der Waals surface area (Å²) in [7, 11) is 0. The molecule has 1 saturated carbocycles. The molecule has 1 aliphatic carbocycles. The molecule has 2 heteroatoms. The summed E-state index contributed by atoms with van der Waals surface area (Å²) in [5.74, 6) is 1.58. The zero-order valence-corrected chi connectivity index (χ0v) is 11.6. The van der Waals surface area contributed by atoms with Crippen molar-refractivity contribution in [3.8, 4) is 5.75 Å². The van der Waals surface area contributed by atoms with Gasteiger partial charge in [0.05, 0.1) is 0 Å². The summed E-state index contributed by atoms with van der Waals surface area (Å²) in [4.78, 5) is 0. The van der Waals surface area contributed by atoms with Crippen molar-refractivity contribution in [2.75, 3.05) is 0 Å². The third kappa shape index (κ3) is 3.26. The summed E-state index contributed by atoms with van der Waals surface area (Å²) in [6.45, 7) is 4.48. The monoisotopic (exact) mass is 247 g/mol. The highest BCUT2D eigenvalue weighted by molar-refractivity contribution is 5.29. The predicted octanol–water partition coefficient (Wildman–Crippen LogP) is 3.85. The molecule has 0 saturated heterocycles. The van der Waals surface area contributed by atoms with Crippen LogP contribution in [0.25, 0.3) is 0 Å². The highest BCUT2D eigenvalue weighted by atomic mass is 16.5. The second-order valence-electron chi connectivity index (χ2n) is 5.48. The lowest BCUT2D eigenvalue weighted by atomic mass is 9.93. The van der Waals surface area contributed by atoms with Gasteiger partial charge in [-0.05, 0) is 49.3 Å². The van der Waals surface area contributed by atoms with E-state index in [1.54, 1.807) is 0 Å². The van der Waals surface area contributed by atoms with Gasteiger partial charge in [0.15, 0.2) is 0 Å². The molecule has 3 unspecified atom stereocenters. The Labute approximate surface area is 111 Å². The molecule has 100 valence electrons. The molecular weight excluding hydrogens is 222 g/mol. The van der Waals surface area contributed by atoms with E-state index in [2.05, 4.69) is 38.1 Å². The van der Waals surface area contributed by atoms with Gasteiger partial charge in [-0.2, -0.15) is 0 Å². The average molecular weight is 247 g/mol. The standard InChI is InChI=1S/C16H25NO/c1-3-12(2)13-8-10-14(11-9-13)18-16-7-5-4-6-15(16)17/h8-12,15-16H,3-7,17H2,1-2H3. The highest BCUT2D eigenvalue weighted by Crippen LogP contribution is 2.25. The molecule has 0 bridgehead atoms. The maximum Gasteiger partial charge on any atom is 0.119 e. The molecule has 2 nitrogen and oxygen atoms in total. The molecule has 3 atom stereocenters. The SMILES string of the molecule is CCC(C)c1ccc(OC2CCCCC2N)cc1. The maximum atomic E-state index is 6.10. The fourth-order valence-electron chi connectivity index (χ4n) is 2.56. The van der Waals surface area contributed by atoms with Gasteiger partial charge in [0.1, 0.15) is 11.9 Å². The number of rotatable bonds is 4. The number of ether oxygens (including phenoxy) is 1. The van der Waals surface area contributed by atoms with Gasteiger partial charge in [0, 0.05) is 6.04 Å². The smallest absolute Gasteiger partial charge is 0.119 e. The van der Waals surface area contributed by atoms with Gasteiger partial charge in [-0.15, -0.1) is 0 Å². The van der Waals surface area contributed by atoms with Gasteiger partial charge in [0.25, 0.3) is 0 Å². The largest absolute Gasteiger partial charge is 0.489 e. The molecular formula is C16H25NO. The maximum absolute atomic E-state index is 6.10. The summed E-state index contributed by atoms with van der Waals surface area (Å²) in [6.07, 6.45) is 6.04. The van der Waals surface area contributed by atoms with Crippen LogP contribution in [-0.2, 0) is 0 Å². The predicted molar refractivity (Wildman–Crippen MR) is 76.0 cm³/mol. The minimum absolute atomic E-state index is 0.202. The van der Waals surface area contributed by atoms with Crippen molar-refractivity contribution in [3.05, 3.63) is 29.8 Å². The number of nitrogens with two attached hydrogens (primary N) is 1. The van der Waals surface area contributed by atoms with Crippen LogP contribution in [-0.4, -0.2) is 12.1 Å². The lowest BCUT2D eigenvalue weighted by Crippen LogP contribution is -2.41. The van der Waals surface area contributed by atoms with Crippen LogP contribution in [0.5, 0.6) is 5.75 Å². The van der Waals surface area contributed by atoms with Gasteiger partial charge >= 0.3 is 0 Å². The zero-order valence-electron chi connectivity index (χ0n) is 11.6. The van der Waals surface area contributed by atoms with Gasteiger partial charge < -0.3 is 10.5 Å². The van der Waals surface area contributed by atoms with Crippen LogP contribution in [0.15, 0.2) is 24.3 Å². The van der Waals surface area contributed by atoms with Crippen LogP contribution >= 0.6 is 0 Å². The molecule has 18 heavy (non-hydrogen) atoms. The first-order valence-electron chi connectivity index (χ1n) is 7.23. The van der Waals surface area contributed by atoms with E-state index in [1.165, 1.54) is 24.8 Å². The molecule has 0 spiro atoms. The molecule has 1 aliphatic rings. The summed E-state index contributed by atoms with van der Waals surface area (Å²) in [5.41, 5.74) is 7.49. The second kappa shape index (κ2) is 6.24. The minimum Gasteiger partial charge on any atom is -0.489 e. The first-order valence-corrected chi connectivity index (χ1v) is 7.23. The molecule has 0 aromatic heterocycles. The van der Waals surface area contributed by atoms with Crippen LogP contribution in [0.4, 0.5) is 0 Å². The second-order valence-corrected chi connectivity index (χ2v) is 5.48. The summed E-state index contributed by atoms with van der Waals surface area (Å²) in [6, 6.07) is 8.73. The Morgan fingerprint density at radius 3 is 2.50 bits per heavy atom. The van der Waals surface area contributed by atoms with Gasteiger partial charge in [-0.25, -0.2) is 0 Å². The number of hydrogen-bond acceptors (Lipinski definition) is 2. The van der Waals surface area contributed by atoms with E-state index in [0.717, 1.165) is 18.6 Å². The molecule has 0 amide bonds. The number of benzene rings is 1. The van der Waals surface area contributed by atoms with E-state index in [9.17, 15) is 0 Å². The normalized spacial score (nSPS) is 25.7. The molecule has 2 rings (SSSR count). The van der Waals surface area contributed by atoms with E-state index < -0.39 is 0 Å². The Hall–Kier alpha value is -1.02. The van der Waals surface area contributed by atoms with Crippen molar-refractivity contribution in [2.45, 2.75) is 64.0 Å². The Morgan fingerprint density at radius 2 is 1.89 bits per heavy atom. The van der Waals surface area contributed by atoms with Crippen LogP contribution in [0.3, 0.4) is 0 Å². The van der Waals surface area contributed by atoms with Crippen molar-refractivity contribution in [2.24, 2.45) is 5.73 Å². The summed E-state index contributed by atoms with van der Waals surface area (Å²) in [5, 5.41) is 0.